The summed E-state index contributed by atoms with van der Waals surface area (Å²) in [6, 6.07) is 11.0. The third kappa shape index (κ3) is 4.35. The molecular weight excluding hydrogens is 370 g/mol. The molecule has 9 heteroatoms. The summed E-state index contributed by atoms with van der Waals surface area (Å²) in [5, 5.41) is 9.83. The molecular formula is C20H23N7O2. The average Bonchev–Trinajstić information content (AvgIpc) is 3.25. The molecule has 0 atom stereocenters. The third-order valence-corrected chi connectivity index (χ3v) is 4.91. The Kier molecular flexibility index (Phi) is 5.39. The number of hydrogen-bond donors (Lipinski definition) is 2. The van der Waals surface area contributed by atoms with Crippen LogP contribution in [0.3, 0.4) is 0 Å². The van der Waals surface area contributed by atoms with Crippen LogP contribution >= 0.6 is 0 Å². The molecule has 2 aromatic heterocycles. The smallest absolute Gasteiger partial charge is 0.274 e. The van der Waals surface area contributed by atoms with Crippen LogP contribution in [-0.2, 0) is 0 Å². The van der Waals surface area contributed by atoms with E-state index in [0.29, 0.717) is 17.2 Å². The zero-order valence-corrected chi connectivity index (χ0v) is 16.4. The summed E-state index contributed by atoms with van der Waals surface area (Å²) in [4.78, 5) is 25.6. The lowest BCUT2D eigenvalue weighted by atomic mass is 10.1. The number of carbonyl (C=O) groups is 1. The molecule has 3 heterocycles. The number of rotatable bonds is 5. The Balaban J connectivity index is 1.46. The molecule has 9 nitrogen and oxygen atoms in total. The van der Waals surface area contributed by atoms with Gasteiger partial charge in [-0.3, -0.25) is 9.89 Å². The number of carbonyl (C=O) groups excluding carboxylic acids is 1. The molecule has 0 aliphatic carbocycles. The van der Waals surface area contributed by atoms with E-state index >= 15 is 0 Å². The van der Waals surface area contributed by atoms with Crippen molar-refractivity contribution in [2.45, 2.75) is 0 Å². The number of aromatic nitrogens is 4. The number of piperazine rings is 1. The van der Waals surface area contributed by atoms with Crippen molar-refractivity contribution in [2.75, 3.05) is 50.6 Å². The van der Waals surface area contributed by atoms with Crippen LogP contribution in [0.4, 0.5) is 11.6 Å². The van der Waals surface area contributed by atoms with Crippen molar-refractivity contribution < 1.29 is 9.53 Å². The number of nitrogens with one attached hydrogen (secondary N) is 2. The highest BCUT2D eigenvalue weighted by molar-refractivity contribution is 6.03. The van der Waals surface area contributed by atoms with Gasteiger partial charge in [0.15, 0.2) is 0 Å². The van der Waals surface area contributed by atoms with E-state index in [4.69, 9.17) is 4.74 Å². The van der Waals surface area contributed by atoms with Crippen LogP contribution < -0.4 is 15.0 Å². The summed E-state index contributed by atoms with van der Waals surface area (Å²) in [6.45, 7) is 3.75. The lowest BCUT2D eigenvalue weighted by Crippen LogP contribution is -2.44. The fourth-order valence-corrected chi connectivity index (χ4v) is 3.18. The highest BCUT2D eigenvalue weighted by atomic mass is 16.5. The van der Waals surface area contributed by atoms with Gasteiger partial charge in [0.1, 0.15) is 29.4 Å². The first-order valence-corrected chi connectivity index (χ1v) is 9.39. The second-order valence-electron chi connectivity index (χ2n) is 6.90. The van der Waals surface area contributed by atoms with Gasteiger partial charge in [-0.25, -0.2) is 9.97 Å². The number of ether oxygens (including phenoxy) is 1. The van der Waals surface area contributed by atoms with Gasteiger partial charge in [0.2, 0.25) is 0 Å². The first kappa shape index (κ1) is 18.9. The Hall–Kier alpha value is -3.46. The third-order valence-electron chi connectivity index (χ3n) is 4.91. The largest absolute Gasteiger partial charge is 0.497 e. The molecule has 1 aliphatic heterocycles. The van der Waals surface area contributed by atoms with Crippen molar-refractivity contribution in [2.24, 2.45) is 0 Å². The van der Waals surface area contributed by atoms with Crippen molar-refractivity contribution in [3.63, 3.8) is 0 Å². The number of likely N-dealkylation sites (N-methyl/N-ethyl adjacent to an activating group) is 1. The lowest BCUT2D eigenvalue weighted by Gasteiger charge is -2.33. The lowest BCUT2D eigenvalue weighted by molar-refractivity contribution is 0.102. The zero-order valence-electron chi connectivity index (χ0n) is 16.4. The first-order chi connectivity index (χ1) is 14.1. The van der Waals surface area contributed by atoms with Gasteiger partial charge in [0.05, 0.1) is 12.8 Å². The normalized spacial score (nSPS) is 14.6. The molecule has 150 valence electrons. The van der Waals surface area contributed by atoms with Crippen molar-refractivity contribution in [1.29, 1.82) is 0 Å². The van der Waals surface area contributed by atoms with E-state index in [2.05, 4.69) is 42.3 Å². The fraction of sp³-hybridized carbons (Fsp3) is 0.300. The molecule has 29 heavy (non-hydrogen) atoms. The number of nitrogens with zero attached hydrogens (tertiary/aromatic N) is 5. The van der Waals surface area contributed by atoms with E-state index in [1.54, 1.807) is 19.2 Å². The van der Waals surface area contributed by atoms with Gasteiger partial charge in [-0.1, -0.05) is 12.1 Å². The van der Waals surface area contributed by atoms with E-state index in [1.165, 1.54) is 6.33 Å². The van der Waals surface area contributed by atoms with Crippen LogP contribution in [0.5, 0.6) is 5.75 Å². The van der Waals surface area contributed by atoms with Gasteiger partial charge in [-0.05, 0) is 25.2 Å². The van der Waals surface area contributed by atoms with Gasteiger partial charge >= 0.3 is 0 Å². The Morgan fingerprint density at radius 1 is 1.14 bits per heavy atom. The van der Waals surface area contributed by atoms with Gasteiger partial charge in [-0.15, -0.1) is 0 Å². The first-order valence-electron chi connectivity index (χ1n) is 9.39. The molecule has 0 saturated carbocycles. The number of benzene rings is 1. The van der Waals surface area contributed by atoms with Crippen molar-refractivity contribution in [3.8, 4) is 17.0 Å². The Morgan fingerprint density at radius 2 is 1.97 bits per heavy atom. The minimum atomic E-state index is -0.310. The number of methoxy groups -OCH3 is 1. The predicted octanol–water partition coefficient (Wildman–Crippen LogP) is 1.88. The minimum Gasteiger partial charge on any atom is -0.497 e. The van der Waals surface area contributed by atoms with Crippen LogP contribution in [0.2, 0.25) is 0 Å². The monoisotopic (exact) mass is 393 g/mol. The van der Waals surface area contributed by atoms with Gasteiger partial charge in [-0.2, -0.15) is 5.10 Å². The highest BCUT2D eigenvalue weighted by Crippen LogP contribution is 2.23. The van der Waals surface area contributed by atoms with E-state index in [-0.39, 0.29) is 5.91 Å². The van der Waals surface area contributed by atoms with E-state index in [1.807, 2.05) is 24.3 Å². The summed E-state index contributed by atoms with van der Waals surface area (Å²) in [7, 11) is 3.72. The van der Waals surface area contributed by atoms with E-state index in [0.717, 1.165) is 43.3 Å². The summed E-state index contributed by atoms with van der Waals surface area (Å²) in [5.74, 6) is 1.69. The standard InChI is InChI=1S/C20H23N7O2/c1-26-6-8-27(9-7-26)19-12-18(21-13-22-19)23-20(28)17-11-16(24-25-17)14-4-3-5-15(10-14)29-2/h3-5,10-13H,6-9H2,1-2H3,(H,24,25)(H,21,22,23,28). The molecule has 1 aromatic carbocycles. The van der Waals surface area contributed by atoms with Gasteiger partial charge in [0, 0.05) is 37.8 Å². The topological polar surface area (TPSA) is 99.3 Å². The summed E-state index contributed by atoms with van der Waals surface area (Å²) < 4.78 is 5.24. The summed E-state index contributed by atoms with van der Waals surface area (Å²) >= 11 is 0. The molecule has 0 radical (unpaired) electrons. The summed E-state index contributed by atoms with van der Waals surface area (Å²) in [5.41, 5.74) is 1.87. The Bertz CT molecular complexity index is 996. The van der Waals surface area contributed by atoms with Crippen LogP contribution in [0.15, 0.2) is 42.7 Å². The second kappa shape index (κ2) is 8.27. The molecule has 4 rings (SSSR count). The van der Waals surface area contributed by atoms with Crippen molar-refractivity contribution in [1.82, 2.24) is 25.1 Å². The summed E-state index contributed by atoms with van der Waals surface area (Å²) in [6.07, 6.45) is 1.47. The number of aromatic amines is 1. The van der Waals surface area contributed by atoms with E-state index < -0.39 is 0 Å². The number of anilines is 2. The van der Waals surface area contributed by atoms with Gasteiger partial charge in [0.25, 0.3) is 5.91 Å². The molecule has 2 N–H and O–H groups in total. The van der Waals surface area contributed by atoms with Crippen LogP contribution in [0.1, 0.15) is 10.5 Å². The number of hydrogen-bond acceptors (Lipinski definition) is 7. The quantitative estimate of drug-likeness (QED) is 0.683. The SMILES string of the molecule is COc1cccc(-c2cc(C(=O)Nc3cc(N4CCN(C)CC4)ncn3)[nH]n2)c1. The Labute approximate surface area is 168 Å². The van der Waals surface area contributed by atoms with Crippen molar-refractivity contribution >= 4 is 17.5 Å². The molecule has 0 spiro atoms. The molecule has 3 aromatic rings. The molecule has 1 aliphatic rings. The molecule has 0 bridgehead atoms. The average molecular weight is 393 g/mol. The van der Waals surface area contributed by atoms with Crippen LogP contribution in [0.25, 0.3) is 11.3 Å². The maximum Gasteiger partial charge on any atom is 0.274 e. The molecule has 0 unspecified atom stereocenters. The van der Waals surface area contributed by atoms with Crippen molar-refractivity contribution in [3.05, 3.63) is 48.4 Å². The highest BCUT2D eigenvalue weighted by Gasteiger charge is 2.17. The maximum atomic E-state index is 12.6. The molecule has 1 saturated heterocycles. The minimum absolute atomic E-state index is 0.310. The maximum absolute atomic E-state index is 12.6. The number of H-pyrrole nitrogens is 1. The van der Waals surface area contributed by atoms with Gasteiger partial charge < -0.3 is 19.9 Å². The zero-order chi connectivity index (χ0) is 20.2. The molecule has 1 amide bonds. The van der Waals surface area contributed by atoms with E-state index in [9.17, 15) is 4.79 Å². The predicted molar refractivity (Wildman–Crippen MR) is 110 cm³/mol. The second-order valence-corrected chi connectivity index (χ2v) is 6.90. The number of amides is 1. The van der Waals surface area contributed by atoms with Crippen LogP contribution in [-0.4, -0.2) is 71.3 Å². The van der Waals surface area contributed by atoms with Crippen LogP contribution in [0, 0.1) is 0 Å². The fourth-order valence-electron chi connectivity index (χ4n) is 3.18. The Morgan fingerprint density at radius 3 is 2.76 bits per heavy atom. The molecule has 1 fully saturated rings.